The summed E-state index contributed by atoms with van der Waals surface area (Å²) < 4.78 is 8.74. The van der Waals surface area contributed by atoms with Gasteiger partial charge < -0.3 is 9.47 Å². The van der Waals surface area contributed by atoms with E-state index in [9.17, 15) is 14.4 Å². The molecule has 0 aromatic rings. The van der Waals surface area contributed by atoms with Gasteiger partial charge in [0.15, 0.2) is 0 Å². The molecule has 5 nitrogen and oxygen atoms in total. The van der Waals surface area contributed by atoms with Gasteiger partial charge in [0.1, 0.15) is 0 Å². The highest BCUT2D eigenvalue weighted by atomic mass is 16.6. The Labute approximate surface area is 88.7 Å². The standard InChI is InChI=1S/C10H16O5/c1-4-7(5-2)8(11)15-10(13)9(12)14-6-3/h7H,4-6H2,1-3H3. The molecule has 86 valence electrons. The largest absolute Gasteiger partial charge is 0.458 e. The van der Waals surface area contributed by atoms with Crippen LogP contribution in [0.15, 0.2) is 0 Å². The Kier molecular flexibility index (Phi) is 6.33. The van der Waals surface area contributed by atoms with Gasteiger partial charge in [0.2, 0.25) is 0 Å². The molecule has 0 aliphatic rings. The van der Waals surface area contributed by atoms with E-state index in [1.54, 1.807) is 6.92 Å². The van der Waals surface area contributed by atoms with Gasteiger partial charge in [0.25, 0.3) is 0 Å². The molecule has 0 spiro atoms. The summed E-state index contributed by atoms with van der Waals surface area (Å²) in [4.78, 5) is 33.1. The Balaban J connectivity index is 4.17. The van der Waals surface area contributed by atoms with Crippen LogP contribution in [0.5, 0.6) is 0 Å². The zero-order valence-corrected chi connectivity index (χ0v) is 9.24. The van der Waals surface area contributed by atoms with Crippen molar-refractivity contribution < 1.29 is 23.9 Å². The first kappa shape index (κ1) is 13.6. The summed E-state index contributed by atoms with van der Waals surface area (Å²) in [5.41, 5.74) is 0. The molecular formula is C10H16O5. The van der Waals surface area contributed by atoms with Gasteiger partial charge in [0.05, 0.1) is 12.5 Å². The van der Waals surface area contributed by atoms with Crippen LogP contribution in [0.2, 0.25) is 0 Å². The van der Waals surface area contributed by atoms with E-state index in [2.05, 4.69) is 9.47 Å². The van der Waals surface area contributed by atoms with Gasteiger partial charge in [-0.05, 0) is 19.8 Å². The molecule has 0 amide bonds. The van der Waals surface area contributed by atoms with Crippen LogP contribution < -0.4 is 0 Å². The fourth-order valence-electron chi connectivity index (χ4n) is 1.03. The molecule has 0 rings (SSSR count). The fraction of sp³-hybridized carbons (Fsp3) is 0.700. The first-order chi connectivity index (χ1) is 7.06. The smallest absolute Gasteiger partial charge is 0.425 e. The molecule has 0 heterocycles. The number of ether oxygens (including phenoxy) is 2. The molecule has 0 fully saturated rings. The summed E-state index contributed by atoms with van der Waals surface area (Å²) in [7, 11) is 0. The molecule has 0 aliphatic carbocycles. The number of hydrogen-bond donors (Lipinski definition) is 0. The van der Waals surface area contributed by atoms with E-state index in [0.29, 0.717) is 12.8 Å². The first-order valence-corrected chi connectivity index (χ1v) is 4.99. The number of rotatable bonds is 4. The predicted molar refractivity (Wildman–Crippen MR) is 51.8 cm³/mol. The Bertz CT molecular complexity index is 242. The lowest BCUT2D eigenvalue weighted by Crippen LogP contribution is -2.27. The molecule has 15 heavy (non-hydrogen) atoms. The predicted octanol–water partition coefficient (Wildman–Crippen LogP) is 1.06. The zero-order chi connectivity index (χ0) is 11.8. The Hall–Kier alpha value is -1.39. The molecule has 0 radical (unpaired) electrons. The van der Waals surface area contributed by atoms with Crippen LogP contribution in [-0.2, 0) is 23.9 Å². The molecule has 0 saturated carbocycles. The zero-order valence-electron chi connectivity index (χ0n) is 9.24. The third-order valence-corrected chi connectivity index (χ3v) is 1.95. The van der Waals surface area contributed by atoms with Crippen LogP contribution in [-0.4, -0.2) is 24.5 Å². The van der Waals surface area contributed by atoms with Gasteiger partial charge in [-0.3, -0.25) is 4.79 Å². The fourth-order valence-corrected chi connectivity index (χ4v) is 1.03. The van der Waals surface area contributed by atoms with E-state index in [0.717, 1.165) is 0 Å². The molecule has 0 atom stereocenters. The van der Waals surface area contributed by atoms with Crippen LogP contribution in [0.1, 0.15) is 33.6 Å². The quantitative estimate of drug-likeness (QED) is 0.399. The van der Waals surface area contributed by atoms with Gasteiger partial charge in [-0.2, -0.15) is 0 Å². The van der Waals surface area contributed by atoms with Crippen molar-refractivity contribution in [2.45, 2.75) is 33.6 Å². The SMILES string of the molecule is CCOC(=O)C(=O)OC(=O)C(CC)CC. The lowest BCUT2D eigenvalue weighted by atomic mass is 10.0. The average Bonchev–Trinajstić information content (AvgIpc) is 2.19. The highest BCUT2D eigenvalue weighted by Gasteiger charge is 2.24. The van der Waals surface area contributed by atoms with Crippen LogP contribution in [0, 0.1) is 5.92 Å². The van der Waals surface area contributed by atoms with E-state index in [4.69, 9.17) is 0 Å². The minimum Gasteiger partial charge on any atom is -0.458 e. The number of hydrogen-bond acceptors (Lipinski definition) is 5. The van der Waals surface area contributed by atoms with Crippen molar-refractivity contribution in [1.82, 2.24) is 0 Å². The van der Waals surface area contributed by atoms with Crippen molar-refractivity contribution in [2.24, 2.45) is 5.92 Å². The van der Waals surface area contributed by atoms with Crippen LogP contribution in [0.3, 0.4) is 0 Å². The molecule has 0 N–H and O–H groups in total. The Morgan fingerprint density at radius 1 is 1.00 bits per heavy atom. The van der Waals surface area contributed by atoms with Gasteiger partial charge in [-0.1, -0.05) is 13.8 Å². The minimum atomic E-state index is -1.24. The van der Waals surface area contributed by atoms with Gasteiger partial charge in [-0.25, -0.2) is 9.59 Å². The molecule has 0 aromatic heterocycles. The van der Waals surface area contributed by atoms with E-state index >= 15 is 0 Å². The second-order valence-corrected chi connectivity index (χ2v) is 2.94. The number of esters is 3. The van der Waals surface area contributed by atoms with Gasteiger partial charge >= 0.3 is 17.9 Å². The summed E-state index contributed by atoms with van der Waals surface area (Å²) in [6.45, 7) is 5.26. The molecule has 0 aromatic carbocycles. The highest BCUT2D eigenvalue weighted by molar-refractivity contribution is 6.31. The lowest BCUT2D eigenvalue weighted by Gasteiger charge is -2.09. The van der Waals surface area contributed by atoms with E-state index in [-0.39, 0.29) is 12.5 Å². The summed E-state index contributed by atoms with van der Waals surface area (Å²) in [6, 6.07) is 0. The maximum atomic E-state index is 11.3. The molecule has 0 bridgehead atoms. The Morgan fingerprint density at radius 2 is 1.53 bits per heavy atom. The van der Waals surface area contributed by atoms with Crippen molar-refractivity contribution in [3.8, 4) is 0 Å². The Morgan fingerprint density at radius 3 is 1.93 bits per heavy atom. The van der Waals surface area contributed by atoms with Crippen molar-refractivity contribution >= 4 is 17.9 Å². The topological polar surface area (TPSA) is 69.7 Å². The molecule has 0 aliphatic heterocycles. The second kappa shape index (κ2) is 6.98. The second-order valence-electron chi connectivity index (χ2n) is 2.94. The third kappa shape index (κ3) is 4.58. The van der Waals surface area contributed by atoms with E-state index in [1.807, 2.05) is 13.8 Å². The minimum absolute atomic E-state index is 0.0765. The molecule has 0 saturated heterocycles. The average molecular weight is 216 g/mol. The molecule has 0 unspecified atom stereocenters. The number of carbonyl (C=O) groups excluding carboxylic acids is 3. The van der Waals surface area contributed by atoms with Crippen molar-refractivity contribution in [1.29, 1.82) is 0 Å². The molecular weight excluding hydrogens is 200 g/mol. The summed E-state index contributed by atoms with van der Waals surface area (Å²) in [5, 5.41) is 0. The van der Waals surface area contributed by atoms with Crippen molar-refractivity contribution in [3.63, 3.8) is 0 Å². The van der Waals surface area contributed by atoms with Gasteiger partial charge in [-0.15, -0.1) is 0 Å². The monoisotopic (exact) mass is 216 g/mol. The molecule has 5 heteroatoms. The van der Waals surface area contributed by atoms with Crippen molar-refractivity contribution in [3.05, 3.63) is 0 Å². The normalized spacial score (nSPS) is 9.87. The van der Waals surface area contributed by atoms with E-state index < -0.39 is 17.9 Å². The van der Waals surface area contributed by atoms with Crippen LogP contribution in [0.4, 0.5) is 0 Å². The lowest BCUT2D eigenvalue weighted by molar-refractivity contribution is -0.175. The summed E-state index contributed by atoms with van der Waals surface area (Å²) >= 11 is 0. The summed E-state index contributed by atoms with van der Waals surface area (Å²) in [6.07, 6.45) is 1.15. The van der Waals surface area contributed by atoms with Crippen molar-refractivity contribution in [2.75, 3.05) is 6.61 Å². The maximum Gasteiger partial charge on any atom is 0.425 e. The third-order valence-electron chi connectivity index (χ3n) is 1.95. The highest BCUT2D eigenvalue weighted by Crippen LogP contribution is 2.09. The summed E-state index contributed by atoms with van der Waals surface area (Å²) in [5.74, 6) is -3.38. The number of carbonyl (C=O) groups is 3. The van der Waals surface area contributed by atoms with Crippen LogP contribution in [0.25, 0.3) is 0 Å². The van der Waals surface area contributed by atoms with E-state index in [1.165, 1.54) is 0 Å². The van der Waals surface area contributed by atoms with Gasteiger partial charge in [0, 0.05) is 0 Å². The maximum absolute atomic E-state index is 11.3. The first-order valence-electron chi connectivity index (χ1n) is 4.99. The van der Waals surface area contributed by atoms with Crippen LogP contribution >= 0.6 is 0 Å².